The second-order valence-corrected chi connectivity index (χ2v) is 10.1. The summed E-state index contributed by atoms with van der Waals surface area (Å²) in [6.45, 7) is 0.648. The molecule has 9 heteroatoms. The zero-order valence-electron chi connectivity index (χ0n) is 23.0. The van der Waals surface area contributed by atoms with Gasteiger partial charge in [-0.15, -0.1) is 0 Å². The highest BCUT2D eigenvalue weighted by atomic mass is 16.3. The normalized spacial score (nSPS) is 11.1. The first kappa shape index (κ1) is 26.0. The molecule has 7 rings (SSSR count). The van der Waals surface area contributed by atoms with Gasteiger partial charge in [-0.1, -0.05) is 72.8 Å². The third kappa shape index (κ3) is 5.51. The SMILES string of the molecule is O=C(Nc1ccc(CCNc2ncnc3oc(-c4ccccc4)c(-c4ccccc4)c23)cc1)Nc1ccc2cn[nH]c2c1. The van der Waals surface area contributed by atoms with Gasteiger partial charge in [-0.25, -0.2) is 14.8 Å². The first-order chi connectivity index (χ1) is 21.2. The Bertz CT molecular complexity index is 2020. The van der Waals surface area contributed by atoms with Gasteiger partial charge < -0.3 is 20.4 Å². The van der Waals surface area contributed by atoms with Gasteiger partial charge in [-0.05, 0) is 47.9 Å². The summed E-state index contributed by atoms with van der Waals surface area (Å²) >= 11 is 0. The predicted octanol–water partition coefficient (Wildman–Crippen LogP) is 7.73. The average molecular weight is 566 g/mol. The third-order valence-corrected chi connectivity index (χ3v) is 7.20. The van der Waals surface area contributed by atoms with Crippen molar-refractivity contribution in [2.75, 3.05) is 22.5 Å². The van der Waals surface area contributed by atoms with Crippen molar-refractivity contribution in [1.29, 1.82) is 0 Å². The van der Waals surface area contributed by atoms with E-state index in [4.69, 9.17) is 4.42 Å². The topological polar surface area (TPSA) is 121 Å². The molecule has 0 saturated heterocycles. The van der Waals surface area contributed by atoms with Crippen LogP contribution in [0.3, 0.4) is 0 Å². The number of urea groups is 1. The van der Waals surface area contributed by atoms with Gasteiger partial charge >= 0.3 is 6.03 Å². The van der Waals surface area contributed by atoms with E-state index in [0.717, 1.165) is 56.5 Å². The molecule has 43 heavy (non-hydrogen) atoms. The van der Waals surface area contributed by atoms with Crippen molar-refractivity contribution in [2.24, 2.45) is 0 Å². The summed E-state index contributed by atoms with van der Waals surface area (Å²) in [5.74, 6) is 1.48. The van der Waals surface area contributed by atoms with E-state index in [1.54, 1.807) is 6.20 Å². The number of hydrogen-bond donors (Lipinski definition) is 4. The molecule has 3 heterocycles. The molecular formula is C34H27N7O2. The summed E-state index contributed by atoms with van der Waals surface area (Å²) in [5.41, 5.74) is 6.87. The maximum Gasteiger partial charge on any atom is 0.323 e. The summed E-state index contributed by atoms with van der Waals surface area (Å²) in [7, 11) is 0. The highest BCUT2D eigenvalue weighted by Crippen LogP contribution is 2.42. The molecular weight excluding hydrogens is 538 g/mol. The fourth-order valence-electron chi connectivity index (χ4n) is 5.13. The molecule has 0 aliphatic carbocycles. The second-order valence-electron chi connectivity index (χ2n) is 10.1. The van der Waals surface area contributed by atoms with E-state index < -0.39 is 0 Å². The number of carbonyl (C=O) groups excluding carboxylic acids is 1. The molecule has 210 valence electrons. The minimum atomic E-state index is -0.315. The predicted molar refractivity (Wildman–Crippen MR) is 170 cm³/mol. The lowest BCUT2D eigenvalue weighted by atomic mass is 9.99. The van der Waals surface area contributed by atoms with Crippen LogP contribution in [0, 0.1) is 0 Å². The number of rotatable bonds is 8. The number of amides is 2. The molecule has 0 aliphatic rings. The quantitative estimate of drug-likeness (QED) is 0.150. The molecule has 0 spiro atoms. The third-order valence-electron chi connectivity index (χ3n) is 7.20. The number of carbonyl (C=O) groups is 1. The number of aromatic nitrogens is 4. The summed E-state index contributed by atoms with van der Waals surface area (Å²) in [4.78, 5) is 21.6. The molecule has 0 aliphatic heterocycles. The Kier molecular flexibility index (Phi) is 6.94. The lowest BCUT2D eigenvalue weighted by molar-refractivity contribution is 0.262. The highest BCUT2D eigenvalue weighted by Gasteiger charge is 2.21. The van der Waals surface area contributed by atoms with Gasteiger partial charge in [-0.3, -0.25) is 5.10 Å². The van der Waals surface area contributed by atoms with E-state index >= 15 is 0 Å². The first-order valence-corrected chi connectivity index (χ1v) is 13.9. The van der Waals surface area contributed by atoms with Crippen LogP contribution in [-0.2, 0) is 6.42 Å². The Labute approximate surface area is 247 Å². The van der Waals surface area contributed by atoms with Crippen LogP contribution in [-0.4, -0.2) is 32.7 Å². The number of hydrogen-bond acceptors (Lipinski definition) is 6. The molecule has 2 amide bonds. The van der Waals surface area contributed by atoms with Crippen molar-refractivity contribution in [1.82, 2.24) is 20.2 Å². The number of anilines is 3. The van der Waals surface area contributed by atoms with E-state index in [0.29, 0.717) is 23.6 Å². The van der Waals surface area contributed by atoms with Crippen LogP contribution in [0.2, 0.25) is 0 Å². The number of H-pyrrole nitrogens is 1. The van der Waals surface area contributed by atoms with E-state index in [2.05, 4.69) is 48.2 Å². The van der Waals surface area contributed by atoms with Crippen LogP contribution in [0.5, 0.6) is 0 Å². The molecule has 0 saturated carbocycles. The van der Waals surface area contributed by atoms with Crippen molar-refractivity contribution >= 4 is 45.2 Å². The maximum absolute atomic E-state index is 12.5. The van der Waals surface area contributed by atoms with Crippen LogP contribution in [0.25, 0.3) is 44.5 Å². The minimum Gasteiger partial charge on any atom is -0.437 e. The van der Waals surface area contributed by atoms with Crippen LogP contribution >= 0.6 is 0 Å². The number of benzene rings is 4. The number of furan rings is 1. The Morgan fingerprint density at radius 2 is 1.51 bits per heavy atom. The van der Waals surface area contributed by atoms with Crippen LogP contribution in [0.4, 0.5) is 22.0 Å². The van der Waals surface area contributed by atoms with Gasteiger partial charge in [0.25, 0.3) is 0 Å². The molecule has 0 bridgehead atoms. The Morgan fingerprint density at radius 3 is 2.30 bits per heavy atom. The molecule has 7 aromatic rings. The van der Waals surface area contributed by atoms with E-state index in [1.165, 1.54) is 6.33 Å². The molecule has 3 aromatic heterocycles. The zero-order valence-corrected chi connectivity index (χ0v) is 23.0. The lowest BCUT2D eigenvalue weighted by Crippen LogP contribution is -2.19. The first-order valence-electron chi connectivity index (χ1n) is 13.9. The number of nitrogens with one attached hydrogen (secondary N) is 4. The van der Waals surface area contributed by atoms with Gasteiger partial charge in [0.1, 0.15) is 17.9 Å². The zero-order chi connectivity index (χ0) is 29.0. The molecule has 0 fully saturated rings. The van der Waals surface area contributed by atoms with E-state index in [-0.39, 0.29) is 6.03 Å². The van der Waals surface area contributed by atoms with Crippen molar-refractivity contribution in [2.45, 2.75) is 6.42 Å². The monoisotopic (exact) mass is 565 g/mol. The number of fused-ring (bicyclic) bond motifs is 2. The Hall–Kier alpha value is -5.96. The van der Waals surface area contributed by atoms with Crippen LogP contribution in [0.1, 0.15) is 5.56 Å². The number of aromatic amines is 1. The summed E-state index contributed by atoms with van der Waals surface area (Å²) in [5, 5.41) is 18.0. The highest BCUT2D eigenvalue weighted by molar-refractivity contribution is 6.06. The number of nitrogens with zero attached hydrogens (tertiary/aromatic N) is 3. The molecule has 4 N–H and O–H groups in total. The summed E-state index contributed by atoms with van der Waals surface area (Å²) in [6, 6.07) is 33.3. The Morgan fingerprint density at radius 1 is 0.791 bits per heavy atom. The van der Waals surface area contributed by atoms with Crippen molar-refractivity contribution in [3.05, 3.63) is 121 Å². The minimum absolute atomic E-state index is 0.315. The second kappa shape index (κ2) is 11.5. The fraction of sp³-hybridized carbons (Fsp3) is 0.0588. The van der Waals surface area contributed by atoms with Crippen molar-refractivity contribution < 1.29 is 9.21 Å². The molecule has 0 unspecified atom stereocenters. The molecule has 0 atom stereocenters. The van der Waals surface area contributed by atoms with Gasteiger partial charge in [0.15, 0.2) is 0 Å². The van der Waals surface area contributed by atoms with Gasteiger partial charge in [0.05, 0.1) is 17.1 Å². The summed E-state index contributed by atoms with van der Waals surface area (Å²) < 4.78 is 6.31. The molecule has 0 radical (unpaired) electrons. The average Bonchev–Trinajstić information content (AvgIpc) is 3.68. The molecule has 4 aromatic carbocycles. The standard InChI is InChI=1S/C34H27N7O2/c42-34(40-27-16-13-25-20-38-41-28(25)19-27)39-26-14-11-22(12-15-26)17-18-35-32-30-29(23-7-3-1-4-8-23)31(24-9-5-2-6-10-24)43-33(30)37-21-36-32/h1-16,19-21H,17-18H2,(H,38,41)(H,35,36,37)(H2,39,40,42). The maximum atomic E-state index is 12.5. The van der Waals surface area contributed by atoms with Crippen LogP contribution in [0.15, 0.2) is 120 Å². The van der Waals surface area contributed by atoms with Gasteiger partial charge in [0.2, 0.25) is 5.71 Å². The lowest BCUT2D eigenvalue weighted by Gasteiger charge is -2.10. The van der Waals surface area contributed by atoms with Crippen molar-refractivity contribution in [3.63, 3.8) is 0 Å². The van der Waals surface area contributed by atoms with Gasteiger partial charge in [-0.2, -0.15) is 5.10 Å². The van der Waals surface area contributed by atoms with E-state index in [1.807, 2.05) is 91.0 Å². The Balaban J connectivity index is 1.04. The van der Waals surface area contributed by atoms with Gasteiger partial charge in [0, 0.05) is 34.4 Å². The fourth-order valence-corrected chi connectivity index (χ4v) is 5.13. The van der Waals surface area contributed by atoms with Crippen molar-refractivity contribution in [3.8, 4) is 22.5 Å². The molecule has 9 nitrogen and oxygen atoms in total. The summed E-state index contributed by atoms with van der Waals surface area (Å²) in [6.07, 6.45) is 4.02. The van der Waals surface area contributed by atoms with E-state index in [9.17, 15) is 4.79 Å². The smallest absolute Gasteiger partial charge is 0.323 e. The van der Waals surface area contributed by atoms with Crippen LogP contribution < -0.4 is 16.0 Å². The largest absolute Gasteiger partial charge is 0.437 e.